The molecule has 0 spiro atoms. The number of piperidine rings is 1. The molecule has 0 radical (unpaired) electrons. The Morgan fingerprint density at radius 1 is 1.00 bits per heavy atom. The van der Waals surface area contributed by atoms with Gasteiger partial charge in [-0.3, -0.25) is 14.4 Å². The summed E-state index contributed by atoms with van der Waals surface area (Å²) in [4.78, 5) is 40.6. The Hall–Kier alpha value is -3.79. The van der Waals surface area contributed by atoms with Gasteiger partial charge in [0.15, 0.2) is 11.5 Å². The molecule has 46 heavy (non-hydrogen) atoms. The molecule has 3 aliphatic rings. The van der Waals surface area contributed by atoms with E-state index < -0.39 is 5.60 Å². The van der Waals surface area contributed by atoms with Gasteiger partial charge in [0, 0.05) is 44.5 Å². The third kappa shape index (κ3) is 7.12. The SMILES string of the molecule is COc1cc2c(c(OC)c1OC)-c1ccc(NCCCCCC(=O)N3CCC4(O)CCCCC4C3)c(=O)cc1[C@H](NC(C)=O)CC2. The number of hydrogen-bond donors (Lipinski definition) is 3. The predicted molar refractivity (Wildman–Crippen MR) is 178 cm³/mol. The van der Waals surface area contributed by atoms with Crippen LogP contribution >= 0.6 is 0 Å². The van der Waals surface area contributed by atoms with E-state index in [9.17, 15) is 19.5 Å². The number of anilines is 1. The fourth-order valence-electron chi connectivity index (χ4n) is 7.61. The van der Waals surface area contributed by atoms with Gasteiger partial charge in [0.2, 0.25) is 23.0 Å². The molecule has 0 bridgehead atoms. The first-order valence-corrected chi connectivity index (χ1v) is 16.7. The summed E-state index contributed by atoms with van der Waals surface area (Å²) in [5.41, 5.74) is 3.04. The molecule has 2 aromatic carbocycles. The van der Waals surface area contributed by atoms with Crippen LogP contribution in [0.1, 0.15) is 88.3 Å². The molecule has 1 saturated heterocycles. The van der Waals surface area contributed by atoms with E-state index in [1.54, 1.807) is 33.5 Å². The van der Waals surface area contributed by atoms with Crippen molar-refractivity contribution in [2.45, 2.75) is 89.2 Å². The van der Waals surface area contributed by atoms with Crippen LogP contribution in [0, 0.1) is 5.92 Å². The molecule has 1 aliphatic heterocycles. The maximum Gasteiger partial charge on any atom is 0.222 e. The highest BCUT2D eigenvalue weighted by Gasteiger charge is 2.43. The summed E-state index contributed by atoms with van der Waals surface area (Å²) in [7, 11) is 4.73. The van der Waals surface area contributed by atoms with Crippen LogP contribution in [0.5, 0.6) is 17.2 Å². The largest absolute Gasteiger partial charge is 0.493 e. The summed E-state index contributed by atoms with van der Waals surface area (Å²) in [5, 5.41) is 17.3. The van der Waals surface area contributed by atoms with E-state index in [1.807, 2.05) is 17.0 Å². The molecule has 2 fully saturated rings. The zero-order chi connectivity index (χ0) is 32.8. The highest BCUT2D eigenvalue weighted by atomic mass is 16.5. The third-order valence-corrected chi connectivity index (χ3v) is 10.1. The van der Waals surface area contributed by atoms with Gasteiger partial charge in [-0.25, -0.2) is 0 Å². The normalized spacial score (nSPS) is 22.0. The van der Waals surface area contributed by atoms with E-state index in [4.69, 9.17) is 14.2 Å². The number of unbranched alkanes of at least 4 members (excludes halogenated alkanes) is 2. The summed E-state index contributed by atoms with van der Waals surface area (Å²) in [6.45, 7) is 3.40. The number of rotatable bonds is 11. The van der Waals surface area contributed by atoms with E-state index in [1.165, 1.54) is 6.92 Å². The Balaban J connectivity index is 1.26. The first-order valence-electron chi connectivity index (χ1n) is 16.7. The van der Waals surface area contributed by atoms with E-state index in [-0.39, 0.29) is 29.2 Å². The first-order chi connectivity index (χ1) is 22.2. The van der Waals surface area contributed by atoms with Crippen LogP contribution in [0.3, 0.4) is 0 Å². The minimum atomic E-state index is -0.575. The molecule has 250 valence electrons. The van der Waals surface area contributed by atoms with Crippen molar-refractivity contribution in [3.05, 3.63) is 45.6 Å². The van der Waals surface area contributed by atoms with Crippen LogP contribution in [0.4, 0.5) is 5.69 Å². The molecule has 0 aromatic heterocycles. The number of carbonyl (C=O) groups is 2. The van der Waals surface area contributed by atoms with Gasteiger partial charge in [-0.05, 0) is 79.8 Å². The Kier molecular flexibility index (Phi) is 10.8. The van der Waals surface area contributed by atoms with Gasteiger partial charge in [0.1, 0.15) is 0 Å². The number of methoxy groups -OCH3 is 3. The van der Waals surface area contributed by atoms with Crippen molar-refractivity contribution in [1.29, 1.82) is 0 Å². The van der Waals surface area contributed by atoms with Crippen molar-refractivity contribution in [3.63, 3.8) is 0 Å². The van der Waals surface area contributed by atoms with Crippen LogP contribution in [-0.4, -0.2) is 68.4 Å². The van der Waals surface area contributed by atoms with E-state index >= 15 is 0 Å². The molecule has 5 rings (SSSR count). The Morgan fingerprint density at radius 2 is 1.80 bits per heavy atom. The number of aliphatic hydroxyl groups is 1. The smallest absolute Gasteiger partial charge is 0.222 e. The minimum absolute atomic E-state index is 0.164. The Bertz CT molecular complexity index is 1500. The lowest BCUT2D eigenvalue weighted by Gasteiger charge is -2.47. The third-order valence-electron chi connectivity index (χ3n) is 10.1. The topological polar surface area (TPSA) is 126 Å². The summed E-state index contributed by atoms with van der Waals surface area (Å²) in [5.74, 6) is 1.75. The number of nitrogens with zero attached hydrogens (tertiary/aromatic N) is 1. The van der Waals surface area contributed by atoms with Crippen LogP contribution in [0.15, 0.2) is 29.1 Å². The fraction of sp³-hybridized carbons (Fsp3) is 0.583. The molecule has 3 atom stereocenters. The molecule has 2 unspecified atom stereocenters. The van der Waals surface area contributed by atoms with Gasteiger partial charge in [-0.2, -0.15) is 0 Å². The molecule has 10 heteroatoms. The van der Waals surface area contributed by atoms with Crippen molar-refractivity contribution in [2.24, 2.45) is 5.92 Å². The Labute approximate surface area is 271 Å². The number of aryl methyl sites for hydroxylation is 1. The number of benzene rings is 1. The van der Waals surface area contributed by atoms with Gasteiger partial charge in [-0.15, -0.1) is 0 Å². The van der Waals surface area contributed by atoms with Crippen LogP contribution < -0.4 is 30.3 Å². The van der Waals surface area contributed by atoms with Crippen LogP contribution in [0.25, 0.3) is 11.1 Å². The predicted octanol–water partition coefficient (Wildman–Crippen LogP) is 4.99. The fourth-order valence-corrected chi connectivity index (χ4v) is 7.61. The molecule has 2 aromatic rings. The summed E-state index contributed by atoms with van der Waals surface area (Å²) in [6, 6.07) is 6.90. The highest BCUT2D eigenvalue weighted by Crippen LogP contribution is 2.50. The van der Waals surface area contributed by atoms with Gasteiger partial charge in [0.25, 0.3) is 0 Å². The molecular formula is C36H49N3O7. The molecule has 2 amide bonds. The van der Waals surface area contributed by atoms with Crippen LogP contribution in [-0.2, 0) is 16.0 Å². The lowest BCUT2D eigenvalue weighted by molar-refractivity contribution is -0.143. The van der Waals surface area contributed by atoms with Crippen molar-refractivity contribution < 1.29 is 28.9 Å². The van der Waals surface area contributed by atoms with E-state index in [0.717, 1.165) is 67.2 Å². The monoisotopic (exact) mass is 635 g/mol. The second-order valence-corrected chi connectivity index (χ2v) is 13.0. The number of nitrogens with one attached hydrogen (secondary N) is 2. The van der Waals surface area contributed by atoms with Crippen LogP contribution in [0.2, 0.25) is 0 Å². The minimum Gasteiger partial charge on any atom is -0.493 e. The second-order valence-electron chi connectivity index (χ2n) is 13.0. The summed E-state index contributed by atoms with van der Waals surface area (Å²) in [6.07, 6.45) is 8.97. The number of fused-ring (bicyclic) bond motifs is 4. The standard InChI is InChI=1S/C36H49N3O7/c1-23(40)38-28-14-12-24-20-31(44-2)34(45-3)35(46-4)33(24)26-13-15-29(30(41)21-27(26)28)37-18-9-5-6-11-32(42)39-19-17-36(43)16-8-7-10-25(36)22-39/h13,15,20-21,25,28,43H,5-12,14,16-19,22H2,1-4H3,(H,37,41)(H,38,40)/t25?,28-,36?/m1/s1. The maximum atomic E-state index is 13.5. The maximum absolute atomic E-state index is 13.5. The molecule has 2 aliphatic carbocycles. The van der Waals surface area contributed by atoms with Crippen molar-refractivity contribution in [1.82, 2.24) is 10.2 Å². The van der Waals surface area contributed by atoms with Crippen molar-refractivity contribution in [3.8, 4) is 28.4 Å². The lowest BCUT2D eigenvalue weighted by Crippen LogP contribution is -2.54. The van der Waals surface area contributed by atoms with Crippen molar-refractivity contribution in [2.75, 3.05) is 46.3 Å². The molecule has 10 nitrogen and oxygen atoms in total. The van der Waals surface area contributed by atoms with Crippen molar-refractivity contribution >= 4 is 17.5 Å². The molecule has 1 saturated carbocycles. The number of likely N-dealkylation sites (tertiary alicyclic amines) is 1. The van der Waals surface area contributed by atoms with Gasteiger partial charge in [0.05, 0.1) is 38.7 Å². The van der Waals surface area contributed by atoms with E-state index in [0.29, 0.717) is 68.3 Å². The van der Waals surface area contributed by atoms with E-state index in [2.05, 4.69) is 10.6 Å². The van der Waals surface area contributed by atoms with Gasteiger partial charge < -0.3 is 34.9 Å². The number of hydrogen-bond acceptors (Lipinski definition) is 8. The second kappa shape index (κ2) is 14.8. The molecule has 1 heterocycles. The summed E-state index contributed by atoms with van der Waals surface area (Å²) < 4.78 is 17.1. The lowest BCUT2D eigenvalue weighted by atomic mass is 9.71. The Morgan fingerprint density at radius 3 is 2.54 bits per heavy atom. The zero-order valence-electron chi connectivity index (χ0n) is 27.7. The van der Waals surface area contributed by atoms with Gasteiger partial charge >= 0.3 is 0 Å². The number of amides is 2. The number of carbonyl (C=O) groups excluding carboxylic acids is 2. The molecular weight excluding hydrogens is 586 g/mol. The zero-order valence-corrected chi connectivity index (χ0v) is 27.7. The first kappa shape index (κ1) is 33.6. The van der Waals surface area contributed by atoms with Gasteiger partial charge in [-0.1, -0.05) is 25.3 Å². The highest BCUT2D eigenvalue weighted by molar-refractivity contribution is 5.83. The number of ether oxygens (including phenoxy) is 3. The summed E-state index contributed by atoms with van der Waals surface area (Å²) >= 11 is 0. The average Bonchev–Trinajstić information content (AvgIpc) is 3.29. The molecule has 3 N–H and O–H groups in total. The quantitative estimate of drug-likeness (QED) is 0.295. The average molecular weight is 636 g/mol.